The summed E-state index contributed by atoms with van der Waals surface area (Å²) in [6.45, 7) is 7.51. The Labute approximate surface area is 223 Å². The molecule has 0 bridgehead atoms. The van der Waals surface area contributed by atoms with Crippen molar-refractivity contribution in [2.45, 2.75) is 39.5 Å². The van der Waals surface area contributed by atoms with Crippen LogP contribution in [0.3, 0.4) is 0 Å². The van der Waals surface area contributed by atoms with Crippen molar-refractivity contribution in [1.29, 1.82) is 0 Å². The third-order valence-electron chi connectivity index (χ3n) is 5.69. The van der Waals surface area contributed by atoms with Crippen LogP contribution in [-0.4, -0.2) is 56.3 Å². The van der Waals surface area contributed by atoms with Crippen molar-refractivity contribution in [3.8, 4) is 5.75 Å². The summed E-state index contributed by atoms with van der Waals surface area (Å²) >= 11 is 0. The quantitative estimate of drug-likeness (QED) is 0.131. The molecule has 1 heterocycles. The molecule has 0 spiro atoms. The molecule has 0 saturated carbocycles. The first-order valence-electron chi connectivity index (χ1n) is 12.7. The normalized spacial score (nSPS) is 13.9. The molecule has 1 aliphatic rings. The van der Waals surface area contributed by atoms with Crippen LogP contribution in [0.25, 0.3) is 0 Å². The van der Waals surface area contributed by atoms with Crippen LogP contribution in [0.1, 0.15) is 65.8 Å². The maximum absolute atomic E-state index is 13.8. The molecule has 2 amide bonds. The second-order valence-electron chi connectivity index (χ2n) is 8.20. The highest BCUT2D eigenvalue weighted by molar-refractivity contribution is 7.72. The Kier molecular flexibility index (Phi) is 10.9. The number of hydrogen-bond donors (Lipinski definition) is 0. The summed E-state index contributed by atoms with van der Waals surface area (Å²) in [5, 5.41) is -1.28. The second kappa shape index (κ2) is 13.7. The topological polar surface area (TPSA) is 118 Å². The van der Waals surface area contributed by atoms with Gasteiger partial charge in [0, 0.05) is 6.54 Å². The Morgan fingerprint density at radius 3 is 1.58 bits per heavy atom. The lowest BCUT2D eigenvalue weighted by atomic mass is 10.1. The third-order valence-corrected chi connectivity index (χ3v) is 11.7. The summed E-state index contributed by atoms with van der Waals surface area (Å²) in [6, 6.07) is 13.3. The van der Waals surface area contributed by atoms with Gasteiger partial charge in [-0.1, -0.05) is 24.3 Å². The zero-order valence-corrected chi connectivity index (χ0v) is 24.0. The SMILES string of the molecule is CCOP(=O)(OCC)C(c1ccc(OCCCN2C(=O)c3ccccc3C2=O)cc1)P(=O)(OCC)OCC. The molecule has 10 nitrogen and oxygen atoms in total. The molecule has 0 atom stereocenters. The van der Waals surface area contributed by atoms with Gasteiger partial charge in [-0.2, -0.15) is 0 Å². The summed E-state index contributed by atoms with van der Waals surface area (Å²) in [7, 11) is -7.89. The summed E-state index contributed by atoms with van der Waals surface area (Å²) in [6.07, 6.45) is 0.434. The number of carbonyl (C=O) groups is 2. The molecule has 0 aromatic heterocycles. The maximum Gasteiger partial charge on any atom is 0.350 e. The molecular formula is C26H35NO9P2. The van der Waals surface area contributed by atoms with Crippen LogP contribution in [0.15, 0.2) is 48.5 Å². The first-order valence-corrected chi connectivity index (χ1v) is 15.9. The highest BCUT2D eigenvalue weighted by Gasteiger charge is 2.51. The van der Waals surface area contributed by atoms with E-state index in [0.29, 0.717) is 28.9 Å². The maximum atomic E-state index is 13.8. The van der Waals surface area contributed by atoms with E-state index in [4.69, 9.17) is 22.8 Å². The van der Waals surface area contributed by atoms with Gasteiger partial charge in [0.05, 0.1) is 44.2 Å². The molecule has 0 fully saturated rings. The molecule has 0 unspecified atom stereocenters. The van der Waals surface area contributed by atoms with Gasteiger partial charge in [-0.15, -0.1) is 0 Å². The lowest BCUT2D eigenvalue weighted by molar-refractivity contribution is 0.0646. The fourth-order valence-corrected chi connectivity index (χ4v) is 9.62. The number of benzene rings is 2. The minimum Gasteiger partial charge on any atom is -0.494 e. The van der Waals surface area contributed by atoms with Gasteiger partial charge in [0.1, 0.15) is 5.75 Å². The molecule has 2 aromatic carbocycles. The number of carbonyl (C=O) groups excluding carboxylic acids is 2. The van der Waals surface area contributed by atoms with Gasteiger partial charge in [0.2, 0.25) is 0 Å². The predicted molar refractivity (Wildman–Crippen MR) is 143 cm³/mol. The average molecular weight is 568 g/mol. The van der Waals surface area contributed by atoms with Crippen LogP contribution in [-0.2, 0) is 27.2 Å². The van der Waals surface area contributed by atoms with E-state index in [0.717, 1.165) is 0 Å². The van der Waals surface area contributed by atoms with Crippen molar-refractivity contribution in [3.63, 3.8) is 0 Å². The molecule has 208 valence electrons. The van der Waals surface area contributed by atoms with E-state index < -0.39 is 20.6 Å². The average Bonchev–Trinajstić information content (AvgIpc) is 3.13. The van der Waals surface area contributed by atoms with Gasteiger partial charge >= 0.3 is 15.2 Å². The molecular weight excluding hydrogens is 532 g/mol. The minimum atomic E-state index is -3.95. The fraction of sp³-hybridized carbons (Fsp3) is 0.462. The van der Waals surface area contributed by atoms with E-state index >= 15 is 0 Å². The van der Waals surface area contributed by atoms with E-state index in [1.165, 1.54) is 4.90 Å². The first kappa shape index (κ1) is 30.2. The van der Waals surface area contributed by atoms with Crippen molar-refractivity contribution in [3.05, 3.63) is 65.2 Å². The Morgan fingerprint density at radius 1 is 0.711 bits per heavy atom. The summed E-state index contributed by atoms with van der Waals surface area (Å²) in [4.78, 5) is 26.2. The number of hydrogen-bond acceptors (Lipinski definition) is 9. The van der Waals surface area contributed by atoms with Crippen LogP contribution >= 0.6 is 15.2 Å². The van der Waals surface area contributed by atoms with E-state index in [9.17, 15) is 18.7 Å². The smallest absolute Gasteiger partial charge is 0.350 e. The molecule has 0 N–H and O–H groups in total. The number of fused-ring (bicyclic) bond motifs is 1. The van der Waals surface area contributed by atoms with Gasteiger partial charge in [0.25, 0.3) is 11.8 Å². The molecule has 1 aliphatic heterocycles. The summed E-state index contributed by atoms with van der Waals surface area (Å²) in [5.74, 6) is -0.107. The molecule has 12 heteroatoms. The van der Waals surface area contributed by atoms with E-state index in [1.54, 1.807) is 76.2 Å². The van der Waals surface area contributed by atoms with E-state index in [1.807, 2.05) is 0 Å². The van der Waals surface area contributed by atoms with Crippen molar-refractivity contribution in [2.75, 3.05) is 39.6 Å². The number of imide groups is 1. The third kappa shape index (κ3) is 6.63. The van der Waals surface area contributed by atoms with Crippen LogP contribution in [0.5, 0.6) is 5.75 Å². The van der Waals surface area contributed by atoms with Gasteiger partial charge in [-0.3, -0.25) is 23.6 Å². The highest BCUT2D eigenvalue weighted by atomic mass is 31.2. The zero-order chi connectivity index (χ0) is 27.8. The number of nitrogens with zero attached hydrogens (tertiary/aromatic N) is 1. The standard InChI is InChI=1S/C26H35NO9P2/c1-5-33-37(30,34-6-2)26(38(31,35-7-3)36-8-4)20-14-16-21(17-15-20)32-19-11-18-27-24(28)22-12-9-10-13-23(22)25(27)29/h9-10,12-17,26H,5-8,11,18-19H2,1-4H3. The summed E-state index contributed by atoms with van der Waals surface area (Å²) in [5.41, 5.74) is 1.23. The summed E-state index contributed by atoms with van der Waals surface area (Å²) < 4.78 is 55.5. The Balaban J connectivity index is 1.71. The number of ether oxygens (including phenoxy) is 1. The predicted octanol–water partition coefficient (Wildman–Crippen LogP) is 6.28. The second-order valence-corrected chi connectivity index (χ2v) is 12.8. The molecule has 0 radical (unpaired) electrons. The van der Waals surface area contributed by atoms with Crippen molar-refractivity contribution < 1.29 is 41.6 Å². The number of rotatable bonds is 16. The van der Waals surface area contributed by atoms with Gasteiger partial charge in [0.15, 0.2) is 5.40 Å². The van der Waals surface area contributed by atoms with Crippen LogP contribution in [0.4, 0.5) is 0 Å². The molecule has 2 aromatic rings. The van der Waals surface area contributed by atoms with Gasteiger partial charge in [-0.05, 0) is 63.9 Å². The first-order chi connectivity index (χ1) is 18.2. The Hall–Kier alpha value is -2.32. The molecule has 3 rings (SSSR count). The fourth-order valence-electron chi connectivity index (χ4n) is 4.21. The monoisotopic (exact) mass is 567 g/mol. The molecule has 38 heavy (non-hydrogen) atoms. The van der Waals surface area contributed by atoms with Crippen molar-refractivity contribution in [2.24, 2.45) is 0 Å². The number of amides is 2. The lowest BCUT2D eigenvalue weighted by Gasteiger charge is -2.31. The zero-order valence-electron chi connectivity index (χ0n) is 22.2. The Bertz CT molecular complexity index is 1120. The highest BCUT2D eigenvalue weighted by Crippen LogP contribution is 2.78. The van der Waals surface area contributed by atoms with Gasteiger partial charge < -0.3 is 22.8 Å². The Morgan fingerprint density at radius 2 is 1.16 bits per heavy atom. The molecule has 0 saturated heterocycles. The van der Waals surface area contributed by atoms with Crippen molar-refractivity contribution in [1.82, 2.24) is 4.90 Å². The van der Waals surface area contributed by atoms with Crippen molar-refractivity contribution >= 4 is 27.0 Å². The van der Waals surface area contributed by atoms with Crippen LogP contribution in [0, 0.1) is 0 Å². The van der Waals surface area contributed by atoms with Crippen LogP contribution in [0.2, 0.25) is 0 Å². The lowest BCUT2D eigenvalue weighted by Crippen LogP contribution is -2.31. The van der Waals surface area contributed by atoms with E-state index in [-0.39, 0.29) is 51.4 Å². The van der Waals surface area contributed by atoms with Crippen LogP contribution < -0.4 is 4.74 Å². The van der Waals surface area contributed by atoms with E-state index in [2.05, 4.69) is 0 Å². The van der Waals surface area contributed by atoms with Gasteiger partial charge in [-0.25, -0.2) is 0 Å². The minimum absolute atomic E-state index is 0.0837. The largest absolute Gasteiger partial charge is 0.494 e. The molecule has 0 aliphatic carbocycles.